The lowest BCUT2D eigenvalue weighted by Gasteiger charge is -2.23. The summed E-state index contributed by atoms with van der Waals surface area (Å²) in [6.45, 7) is 0.847. The molecule has 0 bridgehead atoms. The second kappa shape index (κ2) is 5.30. The first-order chi connectivity index (χ1) is 8.74. The summed E-state index contributed by atoms with van der Waals surface area (Å²) in [6, 6.07) is 2.85. The zero-order chi connectivity index (χ0) is 12.5. The minimum atomic E-state index is 0.505. The molecule has 18 heavy (non-hydrogen) atoms. The molecule has 0 fully saturated rings. The van der Waals surface area contributed by atoms with Crippen molar-refractivity contribution in [3.8, 4) is 0 Å². The van der Waals surface area contributed by atoms with Gasteiger partial charge in [0.25, 0.3) is 0 Å². The first kappa shape index (κ1) is 12.6. The van der Waals surface area contributed by atoms with Crippen molar-refractivity contribution < 1.29 is 0 Å². The second-order valence-corrected chi connectivity index (χ2v) is 7.74. The number of thiophene rings is 1. The monoisotopic (exact) mass is 373 g/mol. The molecule has 1 N–H and O–H groups in total. The zero-order valence-corrected chi connectivity index (χ0v) is 13.3. The molecule has 0 saturated heterocycles. The van der Waals surface area contributed by atoms with Crippen LogP contribution in [0.3, 0.4) is 0 Å². The number of halogens is 1. The van der Waals surface area contributed by atoms with Crippen molar-refractivity contribution in [3.05, 3.63) is 37.6 Å². The van der Waals surface area contributed by atoms with Crippen LogP contribution in [0.4, 0.5) is 0 Å². The first-order valence-electron chi connectivity index (χ1n) is 6.21. The molecule has 3 nitrogen and oxygen atoms in total. The van der Waals surface area contributed by atoms with Gasteiger partial charge in [-0.05, 0) is 53.5 Å². The van der Waals surface area contributed by atoms with E-state index in [1.807, 2.05) is 30.8 Å². The van der Waals surface area contributed by atoms with Gasteiger partial charge in [0.1, 0.15) is 5.82 Å². The van der Waals surface area contributed by atoms with Crippen molar-refractivity contribution >= 4 is 33.9 Å². The smallest absolute Gasteiger partial charge is 0.122 e. The van der Waals surface area contributed by atoms with E-state index in [0.717, 1.165) is 12.4 Å². The van der Waals surface area contributed by atoms with Gasteiger partial charge in [-0.15, -0.1) is 11.3 Å². The molecule has 1 aliphatic rings. The predicted octanol–water partition coefficient (Wildman–Crippen LogP) is 3.25. The number of hydrogen-bond donors (Lipinski definition) is 1. The van der Waals surface area contributed by atoms with Gasteiger partial charge in [-0.25, -0.2) is 4.98 Å². The van der Waals surface area contributed by atoms with Gasteiger partial charge in [0.15, 0.2) is 0 Å². The second-order valence-electron chi connectivity index (χ2n) is 4.71. The number of imidazole rings is 1. The molecule has 1 atom stereocenters. The average molecular weight is 373 g/mol. The van der Waals surface area contributed by atoms with Crippen LogP contribution in [0.1, 0.15) is 35.1 Å². The van der Waals surface area contributed by atoms with Crippen LogP contribution in [0.2, 0.25) is 0 Å². The normalized spacial score (nSPS) is 18.9. The molecule has 0 aromatic carbocycles. The van der Waals surface area contributed by atoms with Gasteiger partial charge in [0, 0.05) is 30.4 Å². The predicted molar refractivity (Wildman–Crippen MR) is 82.8 cm³/mol. The van der Waals surface area contributed by atoms with Crippen molar-refractivity contribution in [2.75, 3.05) is 0 Å². The van der Waals surface area contributed by atoms with E-state index >= 15 is 0 Å². The molecule has 2 aromatic rings. The molecule has 0 radical (unpaired) electrons. The average Bonchev–Trinajstić information content (AvgIpc) is 2.91. The molecule has 3 rings (SSSR count). The summed E-state index contributed by atoms with van der Waals surface area (Å²) in [6.07, 6.45) is 7.64. The molecule has 0 spiro atoms. The van der Waals surface area contributed by atoms with Gasteiger partial charge in [-0.3, -0.25) is 0 Å². The van der Waals surface area contributed by atoms with Crippen molar-refractivity contribution in [2.45, 2.75) is 31.8 Å². The van der Waals surface area contributed by atoms with Crippen molar-refractivity contribution in [3.63, 3.8) is 0 Å². The Hall–Kier alpha value is -0.400. The maximum atomic E-state index is 4.36. The van der Waals surface area contributed by atoms with Crippen molar-refractivity contribution in [1.82, 2.24) is 14.9 Å². The minimum absolute atomic E-state index is 0.505. The van der Waals surface area contributed by atoms with Gasteiger partial charge in [0.05, 0.1) is 9.43 Å². The highest BCUT2D eigenvalue weighted by atomic mass is 127. The topological polar surface area (TPSA) is 29.9 Å². The Balaban J connectivity index is 1.73. The molecule has 0 saturated carbocycles. The van der Waals surface area contributed by atoms with E-state index in [9.17, 15) is 0 Å². The molecule has 0 amide bonds. The van der Waals surface area contributed by atoms with Gasteiger partial charge in [0.2, 0.25) is 0 Å². The molecule has 1 unspecified atom stereocenters. The number of hydrogen-bond acceptors (Lipinski definition) is 3. The highest BCUT2D eigenvalue weighted by Gasteiger charge is 2.22. The number of nitrogens with one attached hydrogen (secondary N) is 1. The van der Waals surface area contributed by atoms with E-state index in [-0.39, 0.29) is 0 Å². The maximum Gasteiger partial charge on any atom is 0.122 e. The van der Waals surface area contributed by atoms with E-state index in [2.05, 4.69) is 43.5 Å². The molecular formula is C13H16IN3S. The zero-order valence-electron chi connectivity index (χ0n) is 10.3. The number of aromatic nitrogens is 2. The lowest BCUT2D eigenvalue weighted by molar-refractivity contribution is 0.453. The van der Waals surface area contributed by atoms with Gasteiger partial charge in [-0.1, -0.05) is 0 Å². The molecule has 0 aliphatic heterocycles. The summed E-state index contributed by atoms with van der Waals surface area (Å²) < 4.78 is 3.48. The van der Waals surface area contributed by atoms with Gasteiger partial charge in [-0.2, -0.15) is 0 Å². The largest absolute Gasteiger partial charge is 0.337 e. The van der Waals surface area contributed by atoms with Gasteiger partial charge >= 0.3 is 0 Å². The van der Waals surface area contributed by atoms with Crippen LogP contribution < -0.4 is 5.32 Å². The molecule has 5 heteroatoms. The number of nitrogens with zero attached hydrogens (tertiary/aromatic N) is 2. The Morgan fingerprint density at radius 1 is 1.61 bits per heavy atom. The summed E-state index contributed by atoms with van der Waals surface area (Å²) in [5.74, 6) is 1.10. The highest BCUT2D eigenvalue weighted by Crippen LogP contribution is 2.36. The van der Waals surface area contributed by atoms with E-state index < -0.39 is 0 Å². The van der Waals surface area contributed by atoms with Crippen LogP contribution >= 0.6 is 33.9 Å². The lowest BCUT2D eigenvalue weighted by atomic mass is 9.94. The number of aryl methyl sites for hydroxylation is 2. The summed E-state index contributed by atoms with van der Waals surface area (Å²) in [5, 5.41) is 3.65. The van der Waals surface area contributed by atoms with Crippen LogP contribution in [0.5, 0.6) is 0 Å². The van der Waals surface area contributed by atoms with E-state index in [0.29, 0.717) is 6.04 Å². The summed E-state index contributed by atoms with van der Waals surface area (Å²) in [5.41, 5.74) is 1.52. The Morgan fingerprint density at radius 2 is 2.50 bits per heavy atom. The Kier molecular flexibility index (Phi) is 3.72. The standard InChI is InChI=1S/C13H16IN3S/c1-17-6-5-15-13(17)8-16-10-3-2-4-11-9(10)7-12(14)18-11/h5-7,10,16H,2-4,8H2,1H3. The van der Waals surface area contributed by atoms with E-state index in [1.165, 1.54) is 27.7 Å². The molecule has 2 heterocycles. The first-order valence-corrected chi connectivity index (χ1v) is 8.11. The Labute approximate surface area is 125 Å². The Bertz CT molecular complexity index is 546. The molecular weight excluding hydrogens is 357 g/mol. The highest BCUT2D eigenvalue weighted by molar-refractivity contribution is 14.1. The summed E-state index contributed by atoms with van der Waals surface area (Å²) in [7, 11) is 2.05. The van der Waals surface area contributed by atoms with Gasteiger partial charge < -0.3 is 9.88 Å². The van der Waals surface area contributed by atoms with Crippen LogP contribution in [-0.2, 0) is 20.0 Å². The third kappa shape index (κ3) is 2.48. The van der Waals surface area contributed by atoms with E-state index in [4.69, 9.17) is 0 Å². The Morgan fingerprint density at radius 3 is 3.28 bits per heavy atom. The maximum absolute atomic E-state index is 4.36. The SMILES string of the molecule is Cn1ccnc1CNC1CCCc2sc(I)cc21. The molecule has 2 aromatic heterocycles. The van der Waals surface area contributed by atoms with Crippen LogP contribution in [0.15, 0.2) is 18.5 Å². The number of fused-ring (bicyclic) bond motifs is 1. The van der Waals surface area contributed by atoms with Crippen molar-refractivity contribution in [2.24, 2.45) is 7.05 Å². The number of rotatable bonds is 3. The van der Waals surface area contributed by atoms with Crippen molar-refractivity contribution in [1.29, 1.82) is 0 Å². The quantitative estimate of drug-likeness (QED) is 0.838. The third-order valence-corrected chi connectivity index (χ3v) is 5.48. The molecule has 1 aliphatic carbocycles. The van der Waals surface area contributed by atoms with E-state index in [1.54, 1.807) is 4.88 Å². The minimum Gasteiger partial charge on any atom is -0.337 e. The fourth-order valence-electron chi connectivity index (χ4n) is 2.51. The summed E-state index contributed by atoms with van der Waals surface area (Å²) >= 11 is 4.38. The molecule has 96 valence electrons. The van der Waals surface area contributed by atoms with Crippen LogP contribution in [0, 0.1) is 2.88 Å². The lowest BCUT2D eigenvalue weighted by Crippen LogP contribution is -2.25. The fourth-order valence-corrected chi connectivity index (χ4v) is 4.63. The third-order valence-electron chi connectivity index (χ3n) is 3.51. The van der Waals surface area contributed by atoms with Crippen LogP contribution in [-0.4, -0.2) is 9.55 Å². The summed E-state index contributed by atoms with van der Waals surface area (Å²) in [4.78, 5) is 5.94. The fraction of sp³-hybridized carbons (Fsp3) is 0.462. The van der Waals surface area contributed by atoms with Crippen LogP contribution in [0.25, 0.3) is 0 Å².